The smallest absolute Gasteiger partial charge is 0.226 e. The Labute approximate surface area is 153 Å². The van der Waals surface area contributed by atoms with Gasteiger partial charge in [-0.2, -0.15) is 0 Å². The van der Waals surface area contributed by atoms with E-state index in [1.165, 1.54) is 0 Å². The molecule has 1 heterocycles. The van der Waals surface area contributed by atoms with Gasteiger partial charge >= 0.3 is 0 Å². The molecule has 136 valence electrons. The Hall–Kier alpha value is -1.92. The number of nitrogens with two attached hydrogens (primary N) is 1. The maximum absolute atomic E-state index is 12.2. The molecule has 2 rings (SSSR count). The van der Waals surface area contributed by atoms with Crippen LogP contribution >= 0.6 is 11.3 Å². The van der Waals surface area contributed by atoms with Crippen molar-refractivity contribution in [1.82, 2.24) is 10.3 Å². The van der Waals surface area contributed by atoms with E-state index in [0.29, 0.717) is 19.1 Å². The van der Waals surface area contributed by atoms with Gasteiger partial charge in [0.25, 0.3) is 0 Å². The van der Waals surface area contributed by atoms with Crippen LogP contribution in [0.15, 0.2) is 29.6 Å². The maximum Gasteiger partial charge on any atom is 0.226 e. The van der Waals surface area contributed by atoms with Crippen molar-refractivity contribution in [3.63, 3.8) is 0 Å². The van der Waals surface area contributed by atoms with Crippen LogP contribution in [-0.4, -0.2) is 30.1 Å². The fraction of sp³-hybridized carbons (Fsp3) is 0.474. The summed E-state index contributed by atoms with van der Waals surface area (Å²) in [5.41, 5.74) is 7.55. The van der Waals surface area contributed by atoms with Gasteiger partial charge in [-0.15, -0.1) is 11.3 Å². The van der Waals surface area contributed by atoms with Crippen molar-refractivity contribution in [2.75, 3.05) is 13.2 Å². The largest absolute Gasteiger partial charge is 0.494 e. The average molecular weight is 362 g/mol. The van der Waals surface area contributed by atoms with Crippen LogP contribution in [0.25, 0.3) is 10.6 Å². The fourth-order valence-electron chi connectivity index (χ4n) is 2.61. The van der Waals surface area contributed by atoms with E-state index in [9.17, 15) is 4.79 Å². The van der Waals surface area contributed by atoms with Crippen LogP contribution < -0.4 is 15.8 Å². The van der Waals surface area contributed by atoms with Gasteiger partial charge < -0.3 is 15.8 Å². The monoisotopic (exact) mass is 361 g/mol. The lowest BCUT2D eigenvalue weighted by Gasteiger charge is -2.18. The summed E-state index contributed by atoms with van der Waals surface area (Å²) in [4.78, 5) is 16.8. The number of hydrogen-bond donors (Lipinski definition) is 2. The highest BCUT2D eigenvalue weighted by molar-refractivity contribution is 7.13. The predicted molar refractivity (Wildman–Crippen MR) is 103 cm³/mol. The third-order valence-electron chi connectivity index (χ3n) is 3.71. The van der Waals surface area contributed by atoms with E-state index in [-0.39, 0.29) is 18.4 Å². The van der Waals surface area contributed by atoms with Gasteiger partial charge in [0.2, 0.25) is 5.91 Å². The summed E-state index contributed by atoms with van der Waals surface area (Å²) in [5.74, 6) is 1.32. The first-order valence-electron chi connectivity index (χ1n) is 8.68. The van der Waals surface area contributed by atoms with Crippen LogP contribution in [0.3, 0.4) is 0 Å². The molecule has 1 atom stereocenters. The zero-order valence-electron chi connectivity index (χ0n) is 15.1. The molecule has 2 aromatic rings. The number of aromatic nitrogens is 1. The van der Waals surface area contributed by atoms with Crippen LogP contribution in [-0.2, 0) is 11.2 Å². The molecule has 0 radical (unpaired) electrons. The Morgan fingerprint density at radius 2 is 2.04 bits per heavy atom. The number of nitrogens with one attached hydrogen (secondary N) is 1. The highest BCUT2D eigenvalue weighted by Crippen LogP contribution is 2.26. The van der Waals surface area contributed by atoms with Crippen LogP contribution in [0.1, 0.15) is 32.9 Å². The summed E-state index contributed by atoms with van der Waals surface area (Å²) in [7, 11) is 0. The number of amides is 1. The van der Waals surface area contributed by atoms with Crippen molar-refractivity contribution < 1.29 is 9.53 Å². The van der Waals surface area contributed by atoms with Gasteiger partial charge in [-0.3, -0.25) is 4.79 Å². The van der Waals surface area contributed by atoms with E-state index >= 15 is 0 Å². The molecule has 0 bridgehead atoms. The standard InChI is InChI=1S/C19H27N3O2S/c1-4-24-17-7-5-14(6-8-17)19-22-16(12-25-19)10-18(23)21-15(11-20)9-13(2)3/h5-8,12-13,15H,4,9-11,20H2,1-3H3,(H,21,23). The molecule has 0 spiro atoms. The molecule has 3 N–H and O–H groups in total. The van der Waals surface area contributed by atoms with Gasteiger partial charge in [-0.1, -0.05) is 13.8 Å². The first-order valence-corrected chi connectivity index (χ1v) is 9.56. The number of hydrogen-bond acceptors (Lipinski definition) is 5. The molecule has 0 aliphatic heterocycles. The SMILES string of the molecule is CCOc1ccc(-c2nc(CC(=O)NC(CN)CC(C)C)cs2)cc1. The second-order valence-corrected chi connectivity index (χ2v) is 7.27. The fourth-order valence-corrected chi connectivity index (χ4v) is 3.43. The van der Waals surface area contributed by atoms with Crippen LogP contribution in [0.5, 0.6) is 5.75 Å². The molecule has 0 aliphatic carbocycles. The number of nitrogens with zero attached hydrogens (tertiary/aromatic N) is 1. The summed E-state index contributed by atoms with van der Waals surface area (Å²) >= 11 is 1.54. The minimum absolute atomic E-state index is 0.0247. The van der Waals surface area contributed by atoms with E-state index in [1.54, 1.807) is 11.3 Å². The Balaban J connectivity index is 1.95. The minimum Gasteiger partial charge on any atom is -0.494 e. The quantitative estimate of drug-likeness (QED) is 0.719. The Morgan fingerprint density at radius 3 is 2.64 bits per heavy atom. The number of ether oxygens (including phenoxy) is 1. The predicted octanol–water partition coefficient (Wildman–Crippen LogP) is 3.24. The molecule has 1 unspecified atom stereocenters. The Kier molecular flexibility index (Phi) is 7.40. The Morgan fingerprint density at radius 1 is 1.32 bits per heavy atom. The van der Waals surface area contributed by atoms with Crippen LogP contribution in [0.2, 0.25) is 0 Å². The molecule has 1 aromatic heterocycles. The number of benzene rings is 1. The molecule has 5 nitrogen and oxygen atoms in total. The highest BCUT2D eigenvalue weighted by Gasteiger charge is 2.14. The molecule has 25 heavy (non-hydrogen) atoms. The van der Waals surface area contributed by atoms with Crippen molar-refractivity contribution >= 4 is 17.2 Å². The number of rotatable bonds is 9. The van der Waals surface area contributed by atoms with Crippen molar-refractivity contribution in [2.45, 2.75) is 39.7 Å². The molecule has 0 aliphatic rings. The van der Waals surface area contributed by atoms with Gasteiger partial charge in [0.05, 0.1) is 18.7 Å². The van der Waals surface area contributed by atoms with Crippen molar-refractivity contribution in [3.05, 3.63) is 35.3 Å². The maximum atomic E-state index is 12.2. The molecular formula is C19H27N3O2S. The second-order valence-electron chi connectivity index (χ2n) is 6.41. The number of carbonyl (C=O) groups excluding carboxylic acids is 1. The van der Waals surface area contributed by atoms with Gasteiger partial charge in [0.1, 0.15) is 10.8 Å². The first-order chi connectivity index (χ1) is 12.0. The van der Waals surface area contributed by atoms with Crippen LogP contribution in [0.4, 0.5) is 0 Å². The van der Waals surface area contributed by atoms with Gasteiger partial charge in [0, 0.05) is 23.5 Å². The molecule has 0 saturated heterocycles. The van der Waals surface area contributed by atoms with Gasteiger partial charge in [-0.25, -0.2) is 4.98 Å². The van der Waals surface area contributed by atoms with Gasteiger partial charge in [-0.05, 0) is 43.5 Å². The third-order valence-corrected chi connectivity index (χ3v) is 4.65. The molecular weight excluding hydrogens is 334 g/mol. The number of thiazole rings is 1. The first kappa shape index (κ1) is 19.4. The van der Waals surface area contributed by atoms with E-state index in [1.807, 2.05) is 36.6 Å². The zero-order chi connectivity index (χ0) is 18.2. The van der Waals surface area contributed by atoms with E-state index in [2.05, 4.69) is 24.1 Å². The zero-order valence-corrected chi connectivity index (χ0v) is 15.9. The topological polar surface area (TPSA) is 77.2 Å². The number of carbonyl (C=O) groups is 1. The van der Waals surface area contributed by atoms with Crippen molar-refractivity contribution in [3.8, 4) is 16.3 Å². The average Bonchev–Trinajstić information content (AvgIpc) is 3.03. The lowest BCUT2D eigenvalue weighted by Crippen LogP contribution is -2.41. The second kappa shape index (κ2) is 9.53. The summed E-state index contributed by atoms with van der Waals surface area (Å²) < 4.78 is 5.45. The molecule has 1 aromatic carbocycles. The summed E-state index contributed by atoms with van der Waals surface area (Å²) in [6.07, 6.45) is 1.17. The van der Waals surface area contributed by atoms with E-state index < -0.39 is 0 Å². The molecule has 6 heteroatoms. The molecule has 0 saturated carbocycles. The Bertz CT molecular complexity index is 668. The lowest BCUT2D eigenvalue weighted by atomic mass is 10.0. The van der Waals surface area contributed by atoms with E-state index in [4.69, 9.17) is 10.5 Å². The molecule has 0 fully saturated rings. The summed E-state index contributed by atoms with van der Waals surface area (Å²) in [5, 5.41) is 5.84. The highest BCUT2D eigenvalue weighted by atomic mass is 32.1. The third kappa shape index (κ3) is 6.14. The minimum atomic E-state index is -0.0281. The lowest BCUT2D eigenvalue weighted by molar-refractivity contribution is -0.121. The molecule has 1 amide bonds. The summed E-state index contributed by atoms with van der Waals surface area (Å²) in [6, 6.07) is 7.87. The van der Waals surface area contributed by atoms with E-state index in [0.717, 1.165) is 28.4 Å². The van der Waals surface area contributed by atoms with Crippen LogP contribution in [0, 0.1) is 5.92 Å². The summed E-state index contributed by atoms with van der Waals surface area (Å²) in [6.45, 7) is 7.31. The normalized spacial score (nSPS) is 12.2. The van der Waals surface area contributed by atoms with Crippen molar-refractivity contribution in [1.29, 1.82) is 0 Å². The van der Waals surface area contributed by atoms with Gasteiger partial charge in [0.15, 0.2) is 0 Å². The van der Waals surface area contributed by atoms with Crippen molar-refractivity contribution in [2.24, 2.45) is 11.7 Å².